The second kappa shape index (κ2) is 6.54. The molecule has 0 aromatic rings. The molecule has 0 spiro atoms. The third-order valence-electron chi connectivity index (χ3n) is 1.83. The van der Waals surface area contributed by atoms with Crippen molar-refractivity contribution in [1.82, 2.24) is 10.6 Å². The van der Waals surface area contributed by atoms with Crippen molar-refractivity contribution < 1.29 is 24.5 Å². The van der Waals surface area contributed by atoms with Gasteiger partial charge in [-0.05, 0) is 13.8 Å². The third-order valence-corrected chi connectivity index (χ3v) is 1.83. The van der Waals surface area contributed by atoms with Crippen molar-refractivity contribution in [3.63, 3.8) is 0 Å². The van der Waals surface area contributed by atoms with Gasteiger partial charge >= 0.3 is 5.97 Å². The highest BCUT2D eigenvalue weighted by atomic mass is 16.5. The van der Waals surface area contributed by atoms with Crippen molar-refractivity contribution in [3.05, 3.63) is 0 Å². The molecule has 2 unspecified atom stereocenters. The van der Waals surface area contributed by atoms with E-state index in [0.29, 0.717) is 6.29 Å². The van der Waals surface area contributed by atoms with Crippen molar-refractivity contribution in [2.75, 3.05) is 7.11 Å². The molecular formula is C9H18N2O5. The predicted octanol–water partition coefficient (Wildman–Crippen LogP) is -1.70. The van der Waals surface area contributed by atoms with Crippen LogP contribution in [-0.4, -0.2) is 47.7 Å². The number of nitrogens with one attached hydrogen (secondary N) is 2. The van der Waals surface area contributed by atoms with Gasteiger partial charge in [0, 0.05) is 6.42 Å². The monoisotopic (exact) mass is 234 g/mol. The number of ether oxygens (including phenoxy) is 1. The zero-order chi connectivity index (χ0) is 12.8. The van der Waals surface area contributed by atoms with Crippen LogP contribution in [0, 0.1) is 0 Å². The van der Waals surface area contributed by atoms with Crippen LogP contribution in [0.5, 0.6) is 0 Å². The number of carbonyl (C=O) groups is 2. The summed E-state index contributed by atoms with van der Waals surface area (Å²) in [7, 11) is 1.15. The normalized spacial score (nSPS) is 18.3. The van der Waals surface area contributed by atoms with Crippen molar-refractivity contribution in [2.45, 2.75) is 38.4 Å². The van der Waals surface area contributed by atoms with Crippen LogP contribution in [0.1, 0.15) is 20.3 Å². The third kappa shape index (κ3) is 4.23. The number of hydrogen-bond acceptors (Lipinski definition) is 7. The Morgan fingerprint density at radius 3 is 2.06 bits per heavy atom. The molecule has 0 amide bonds. The summed E-state index contributed by atoms with van der Waals surface area (Å²) in [4.78, 5) is 22.1. The van der Waals surface area contributed by atoms with E-state index in [1.54, 1.807) is 0 Å². The van der Waals surface area contributed by atoms with Gasteiger partial charge in [-0.3, -0.25) is 10.6 Å². The smallest absolute Gasteiger partial charge is 0.341 e. The van der Waals surface area contributed by atoms with Crippen LogP contribution in [0.25, 0.3) is 0 Å². The Morgan fingerprint density at radius 2 is 1.81 bits per heavy atom. The molecule has 0 aromatic carbocycles. The van der Waals surface area contributed by atoms with E-state index in [4.69, 9.17) is 0 Å². The van der Waals surface area contributed by atoms with Gasteiger partial charge in [-0.1, -0.05) is 0 Å². The molecule has 7 heteroatoms. The van der Waals surface area contributed by atoms with E-state index in [2.05, 4.69) is 15.4 Å². The minimum Gasteiger partial charge on any atom is -0.467 e. The van der Waals surface area contributed by atoms with Gasteiger partial charge in [-0.2, -0.15) is 0 Å². The average molecular weight is 234 g/mol. The van der Waals surface area contributed by atoms with Gasteiger partial charge in [0.1, 0.15) is 18.7 Å². The fraction of sp³-hybridized carbons (Fsp3) is 0.778. The van der Waals surface area contributed by atoms with Gasteiger partial charge < -0.3 is 19.7 Å². The second-order valence-electron chi connectivity index (χ2n) is 3.41. The summed E-state index contributed by atoms with van der Waals surface area (Å²) in [6.45, 7) is 2.76. The first-order valence-electron chi connectivity index (χ1n) is 4.81. The number of aliphatic hydroxyl groups is 2. The summed E-state index contributed by atoms with van der Waals surface area (Å²) in [6, 6.07) is 0. The zero-order valence-corrected chi connectivity index (χ0v) is 9.56. The van der Waals surface area contributed by atoms with E-state index in [1.165, 1.54) is 13.8 Å². The Balaban J connectivity index is 5.02. The van der Waals surface area contributed by atoms with E-state index in [-0.39, 0.29) is 6.42 Å². The highest BCUT2D eigenvalue weighted by Crippen LogP contribution is 2.09. The lowest BCUT2D eigenvalue weighted by Gasteiger charge is -2.33. The standard InChI is InChI=1S/C9H18N2O5/c1-6(13)10-9(4-5-12,8(15)16-3)11-7(2)14/h5-7,10-11,13-14H,4H2,1-3H3. The van der Waals surface area contributed by atoms with Crippen LogP contribution in [0.15, 0.2) is 0 Å². The fourth-order valence-electron chi connectivity index (χ4n) is 1.37. The molecule has 0 aliphatic carbocycles. The molecule has 0 aliphatic rings. The van der Waals surface area contributed by atoms with Crippen LogP contribution >= 0.6 is 0 Å². The SMILES string of the molecule is COC(=O)C(CC=O)(NC(C)O)NC(C)O. The maximum Gasteiger partial charge on any atom is 0.341 e. The Morgan fingerprint density at radius 1 is 1.38 bits per heavy atom. The number of carbonyl (C=O) groups excluding carboxylic acids is 2. The topological polar surface area (TPSA) is 108 Å². The summed E-state index contributed by atoms with van der Waals surface area (Å²) in [6.07, 6.45) is -1.90. The molecule has 0 aliphatic heterocycles. The minimum absolute atomic E-state index is 0.282. The lowest BCUT2D eigenvalue weighted by atomic mass is 10.1. The molecule has 0 saturated heterocycles. The van der Waals surface area contributed by atoms with Crippen LogP contribution < -0.4 is 10.6 Å². The van der Waals surface area contributed by atoms with E-state index in [0.717, 1.165) is 7.11 Å². The molecule has 0 saturated carbocycles. The molecule has 2 atom stereocenters. The van der Waals surface area contributed by atoms with E-state index in [9.17, 15) is 19.8 Å². The van der Waals surface area contributed by atoms with Crippen LogP contribution in [-0.2, 0) is 14.3 Å². The molecule has 7 nitrogen and oxygen atoms in total. The second-order valence-corrected chi connectivity index (χ2v) is 3.41. The molecule has 0 radical (unpaired) electrons. The minimum atomic E-state index is -1.63. The Bertz CT molecular complexity index is 232. The quantitative estimate of drug-likeness (QED) is 0.236. The first-order chi connectivity index (χ1) is 7.38. The van der Waals surface area contributed by atoms with E-state index < -0.39 is 24.1 Å². The van der Waals surface area contributed by atoms with Crippen LogP contribution in [0.4, 0.5) is 0 Å². The Labute approximate surface area is 93.8 Å². The summed E-state index contributed by atoms with van der Waals surface area (Å²) >= 11 is 0. The molecule has 0 bridgehead atoms. The first kappa shape index (κ1) is 15.0. The molecule has 4 N–H and O–H groups in total. The summed E-state index contributed by atoms with van der Waals surface area (Å²) in [5.41, 5.74) is -1.63. The van der Waals surface area contributed by atoms with Crippen molar-refractivity contribution in [1.29, 1.82) is 0 Å². The van der Waals surface area contributed by atoms with E-state index >= 15 is 0 Å². The van der Waals surface area contributed by atoms with Crippen molar-refractivity contribution >= 4 is 12.3 Å². The fourth-order valence-corrected chi connectivity index (χ4v) is 1.37. The number of aliphatic hydroxyl groups excluding tert-OH is 2. The largest absolute Gasteiger partial charge is 0.467 e. The molecule has 16 heavy (non-hydrogen) atoms. The van der Waals surface area contributed by atoms with Crippen molar-refractivity contribution in [3.8, 4) is 0 Å². The zero-order valence-electron chi connectivity index (χ0n) is 9.56. The number of aldehydes is 1. The molecule has 0 aromatic heterocycles. The summed E-state index contributed by atoms with van der Waals surface area (Å²) < 4.78 is 4.53. The van der Waals surface area contributed by atoms with Crippen LogP contribution in [0.3, 0.4) is 0 Å². The summed E-state index contributed by atoms with van der Waals surface area (Å²) in [5.74, 6) is -0.790. The van der Waals surface area contributed by atoms with Gasteiger partial charge in [0.15, 0.2) is 5.66 Å². The molecule has 0 rings (SSSR count). The number of esters is 1. The number of methoxy groups -OCH3 is 1. The predicted molar refractivity (Wildman–Crippen MR) is 55.1 cm³/mol. The molecular weight excluding hydrogens is 216 g/mol. The van der Waals surface area contributed by atoms with Crippen molar-refractivity contribution in [2.24, 2.45) is 0 Å². The highest BCUT2D eigenvalue weighted by molar-refractivity contribution is 5.83. The first-order valence-corrected chi connectivity index (χ1v) is 4.81. The molecule has 94 valence electrons. The highest BCUT2D eigenvalue weighted by Gasteiger charge is 2.40. The lowest BCUT2D eigenvalue weighted by Crippen LogP contribution is -2.67. The molecule has 0 fully saturated rings. The number of rotatable bonds is 7. The van der Waals surface area contributed by atoms with Gasteiger partial charge in [-0.15, -0.1) is 0 Å². The Kier molecular flexibility index (Phi) is 6.12. The number of hydrogen-bond donors (Lipinski definition) is 4. The van der Waals surface area contributed by atoms with Gasteiger partial charge in [-0.25, -0.2) is 4.79 Å². The lowest BCUT2D eigenvalue weighted by molar-refractivity contribution is -0.155. The maximum absolute atomic E-state index is 11.6. The van der Waals surface area contributed by atoms with Crippen LogP contribution in [0.2, 0.25) is 0 Å². The van der Waals surface area contributed by atoms with Gasteiger partial charge in [0.25, 0.3) is 0 Å². The molecule has 0 heterocycles. The Hall–Kier alpha value is -1.02. The summed E-state index contributed by atoms with van der Waals surface area (Å²) in [5, 5.41) is 23.3. The van der Waals surface area contributed by atoms with Gasteiger partial charge in [0.2, 0.25) is 0 Å². The van der Waals surface area contributed by atoms with Gasteiger partial charge in [0.05, 0.1) is 7.11 Å². The maximum atomic E-state index is 11.6. The van der Waals surface area contributed by atoms with E-state index in [1.807, 2.05) is 0 Å². The average Bonchev–Trinajstić information content (AvgIpc) is 2.14.